The van der Waals surface area contributed by atoms with Gasteiger partial charge in [0.15, 0.2) is 0 Å². The summed E-state index contributed by atoms with van der Waals surface area (Å²) in [6.07, 6.45) is 2.17. The average Bonchev–Trinajstić information content (AvgIpc) is 2.83. The number of benzene rings is 1. The fourth-order valence-corrected chi connectivity index (χ4v) is 3.07. The van der Waals surface area contributed by atoms with Gasteiger partial charge in [-0.25, -0.2) is 0 Å². The highest BCUT2D eigenvalue weighted by Gasteiger charge is 2.41. The molecule has 0 spiro atoms. The Morgan fingerprint density at radius 1 is 1.31 bits per heavy atom. The summed E-state index contributed by atoms with van der Waals surface area (Å²) in [5.74, 6) is 0.254. The predicted octanol–water partition coefficient (Wildman–Crippen LogP) is 2.22. The third-order valence-electron chi connectivity index (χ3n) is 3.38. The number of carbonyl (C=O) groups is 1. The molecule has 2 fully saturated rings. The van der Waals surface area contributed by atoms with Crippen molar-refractivity contribution in [2.24, 2.45) is 0 Å². The molecule has 0 unspecified atom stereocenters. The summed E-state index contributed by atoms with van der Waals surface area (Å²) >= 11 is 3.50. The van der Waals surface area contributed by atoms with Crippen LogP contribution in [0.5, 0.6) is 0 Å². The quantitative estimate of drug-likeness (QED) is 0.788. The highest BCUT2D eigenvalue weighted by molar-refractivity contribution is 9.10. The number of amides is 1. The summed E-state index contributed by atoms with van der Waals surface area (Å²) in [5, 5.41) is 0. The fourth-order valence-electron chi connectivity index (χ4n) is 2.57. The van der Waals surface area contributed by atoms with Crippen molar-refractivity contribution in [2.75, 3.05) is 18.1 Å². The largest absolute Gasteiger partial charge is 0.296 e. The van der Waals surface area contributed by atoms with Gasteiger partial charge in [-0.05, 0) is 40.9 Å². The first kappa shape index (κ1) is 10.3. The number of hydrogen-bond acceptors (Lipinski definition) is 2. The summed E-state index contributed by atoms with van der Waals surface area (Å²) in [6, 6.07) is 8.04. The second-order valence-electron chi connectivity index (χ2n) is 4.33. The van der Waals surface area contributed by atoms with E-state index in [0.29, 0.717) is 0 Å². The van der Waals surface area contributed by atoms with E-state index >= 15 is 0 Å². The van der Waals surface area contributed by atoms with Crippen LogP contribution < -0.4 is 4.90 Å². The van der Waals surface area contributed by atoms with Crippen molar-refractivity contribution in [1.29, 1.82) is 0 Å². The van der Waals surface area contributed by atoms with Gasteiger partial charge in [0, 0.05) is 11.0 Å². The lowest BCUT2D eigenvalue weighted by Crippen LogP contribution is -2.29. The molecule has 0 radical (unpaired) electrons. The number of hydrogen-bond donors (Lipinski definition) is 0. The molecule has 2 saturated heterocycles. The molecule has 0 N–H and O–H groups in total. The van der Waals surface area contributed by atoms with Crippen molar-refractivity contribution in [3.63, 3.8) is 0 Å². The zero-order valence-electron chi connectivity index (χ0n) is 8.90. The minimum Gasteiger partial charge on any atom is -0.296 e. The summed E-state index contributed by atoms with van der Waals surface area (Å²) in [4.78, 5) is 16.4. The number of rotatable bonds is 1. The maximum atomic E-state index is 12.2. The molecular formula is C12H13BrN2O. The Hall–Kier alpha value is -0.870. The lowest BCUT2D eigenvalue weighted by molar-refractivity contribution is -0.119. The van der Waals surface area contributed by atoms with E-state index in [1.54, 1.807) is 0 Å². The van der Waals surface area contributed by atoms with E-state index < -0.39 is 0 Å². The van der Waals surface area contributed by atoms with Gasteiger partial charge < -0.3 is 0 Å². The van der Waals surface area contributed by atoms with Gasteiger partial charge in [-0.15, -0.1) is 0 Å². The standard InChI is InChI=1S/C12H13BrN2O/c13-9-4-1-2-5-10(9)15-8-14-7-3-6-11(14)12(15)16/h1-2,4-5,11H,3,6-8H2/t11-/m0/s1. The monoisotopic (exact) mass is 280 g/mol. The Balaban J connectivity index is 1.93. The van der Waals surface area contributed by atoms with Gasteiger partial charge in [-0.3, -0.25) is 14.6 Å². The first-order chi connectivity index (χ1) is 7.77. The summed E-state index contributed by atoms with van der Waals surface area (Å²) in [6.45, 7) is 1.80. The highest BCUT2D eigenvalue weighted by atomic mass is 79.9. The van der Waals surface area contributed by atoms with Gasteiger partial charge in [0.1, 0.15) is 0 Å². The maximum Gasteiger partial charge on any atom is 0.245 e. The number of carbonyl (C=O) groups excluding carboxylic acids is 1. The Bertz CT molecular complexity index is 435. The zero-order valence-corrected chi connectivity index (χ0v) is 10.5. The number of nitrogens with zero attached hydrogens (tertiary/aromatic N) is 2. The normalized spacial score (nSPS) is 25.2. The molecule has 0 aromatic heterocycles. The second-order valence-corrected chi connectivity index (χ2v) is 5.18. The van der Waals surface area contributed by atoms with Crippen LogP contribution in [0, 0.1) is 0 Å². The van der Waals surface area contributed by atoms with Gasteiger partial charge >= 0.3 is 0 Å². The lowest BCUT2D eigenvalue weighted by Gasteiger charge is -2.18. The molecule has 16 heavy (non-hydrogen) atoms. The molecule has 3 nitrogen and oxygen atoms in total. The van der Waals surface area contributed by atoms with Crippen LogP contribution in [-0.2, 0) is 4.79 Å². The molecule has 2 aliphatic heterocycles. The first-order valence-corrected chi connectivity index (χ1v) is 6.36. The average molecular weight is 281 g/mol. The van der Waals surface area contributed by atoms with Crippen molar-refractivity contribution in [3.05, 3.63) is 28.7 Å². The van der Waals surface area contributed by atoms with E-state index in [2.05, 4.69) is 20.8 Å². The summed E-state index contributed by atoms with van der Waals surface area (Å²) in [7, 11) is 0. The molecule has 1 aromatic rings. The van der Waals surface area contributed by atoms with Crippen LogP contribution in [-0.4, -0.2) is 30.1 Å². The molecule has 0 aliphatic carbocycles. The highest BCUT2D eigenvalue weighted by Crippen LogP contribution is 2.33. The second kappa shape index (κ2) is 3.86. The van der Waals surface area contributed by atoms with Crippen LogP contribution in [0.15, 0.2) is 28.7 Å². The van der Waals surface area contributed by atoms with Gasteiger partial charge in [0.2, 0.25) is 5.91 Å². The molecule has 1 atom stereocenters. The Morgan fingerprint density at radius 2 is 2.12 bits per heavy atom. The number of para-hydroxylation sites is 1. The summed E-state index contributed by atoms with van der Waals surface area (Å²) < 4.78 is 0.990. The van der Waals surface area contributed by atoms with E-state index in [0.717, 1.165) is 36.2 Å². The molecule has 3 rings (SSSR count). The number of anilines is 1. The maximum absolute atomic E-state index is 12.2. The smallest absolute Gasteiger partial charge is 0.245 e. The van der Waals surface area contributed by atoms with Crippen molar-refractivity contribution in [1.82, 2.24) is 4.90 Å². The molecule has 2 aliphatic rings. The van der Waals surface area contributed by atoms with Crippen LogP contribution in [0.4, 0.5) is 5.69 Å². The van der Waals surface area contributed by atoms with E-state index in [1.165, 1.54) is 0 Å². The molecule has 0 bridgehead atoms. The van der Waals surface area contributed by atoms with Gasteiger partial charge in [-0.1, -0.05) is 12.1 Å². The van der Waals surface area contributed by atoms with Crippen LogP contribution in [0.2, 0.25) is 0 Å². The van der Waals surface area contributed by atoms with Crippen LogP contribution in [0.25, 0.3) is 0 Å². The summed E-state index contributed by atoms with van der Waals surface area (Å²) in [5.41, 5.74) is 0.988. The van der Waals surface area contributed by atoms with E-state index in [1.807, 2.05) is 29.2 Å². The fraction of sp³-hybridized carbons (Fsp3) is 0.417. The molecule has 4 heteroatoms. The molecule has 0 saturated carbocycles. The Labute approximate surface area is 103 Å². The van der Waals surface area contributed by atoms with E-state index in [4.69, 9.17) is 0 Å². The van der Waals surface area contributed by atoms with Crippen LogP contribution in [0.3, 0.4) is 0 Å². The zero-order chi connectivity index (χ0) is 11.1. The third-order valence-corrected chi connectivity index (χ3v) is 4.05. The minimum atomic E-state index is 0.132. The van der Waals surface area contributed by atoms with E-state index in [9.17, 15) is 4.79 Å². The van der Waals surface area contributed by atoms with Crippen LogP contribution >= 0.6 is 15.9 Å². The predicted molar refractivity (Wildman–Crippen MR) is 66.2 cm³/mol. The number of fused-ring (bicyclic) bond motifs is 1. The molecule has 2 heterocycles. The number of halogens is 1. The molecule has 1 aromatic carbocycles. The van der Waals surface area contributed by atoms with Crippen molar-refractivity contribution < 1.29 is 4.79 Å². The Morgan fingerprint density at radius 3 is 2.88 bits per heavy atom. The van der Waals surface area contributed by atoms with Crippen molar-refractivity contribution >= 4 is 27.5 Å². The molecule has 84 valence electrons. The first-order valence-electron chi connectivity index (χ1n) is 5.57. The Kier molecular flexibility index (Phi) is 2.48. The topological polar surface area (TPSA) is 23.6 Å². The van der Waals surface area contributed by atoms with Gasteiger partial charge in [0.05, 0.1) is 18.4 Å². The van der Waals surface area contributed by atoms with Crippen LogP contribution in [0.1, 0.15) is 12.8 Å². The lowest BCUT2D eigenvalue weighted by atomic mass is 10.2. The third kappa shape index (κ3) is 1.48. The van der Waals surface area contributed by atoms with Gasteiger partial charge in [0.25, 0.3) is 0 Å². The SMILES string of the molecule is O=C1[C@@H]2CCCN2CN1c1ccccc1Br. The van der Waals surface area contributed by atoms with Crippen molar-refractivity contribution in [2.45, 2.75) is 18.9 Å². The molecular weight excluding hydrogens is 268 g/mol. The minimum absolute atomic E-state index is 0.132. The van der Waals surface area contributed by atoms with E-state index in [-0.39, 0.29) is 11.9 Å². The van der Waals surface area contributed by atoms with Gasteiger partial charge in [-0.2, -0.15) is 0 Å². The van der Waals surface area contributed by atoms with Crippen molar-refractivity contribution in [3.8, 4) is 0 Å². The molecule has 1 amide bonds.